The van der Waals surface area contributed by atoms with Crippen LogP contribution in [-0.2, 0) is 11.0 Å². The van der Waals surface area contributed by atoms with Crippen molar-refractivity contribution in [1.82, 2.24) is 9.55 Å². The lowest BCUT2D eigenvalue weighted by Gasteiger charge is -2.14. The largest absolute Gasteiger partial charge is 0.493 e. The van der Waals surface area contributed by atoms with Gasteiger partial charge in [-0.3, -0.25) is 14.4 Å². The molecular formula is C27H18ClF3N4O2S. The van der Waals surface area contributed by atoms with E-state index in [9.17, 15) is 23.1 Å². The first-order valence-electron chi connectivity index (χ1n) is 11.2. The van der Waals surface area contributed by atoms with Crippen molar-refractivity contribution in [1.29, 1.82) is 0 Å². The van der Waals surface area contributed by atoms with Crippen molar-refractivity contribution in [3.8, 4) is 11.6 Å². The molecule has 2 N–H and O–H groups in total. The second-order valence-corrected chi connectivity index (χ2v) is 9.55. The molecule has 0 unspecified atom stereocenters. The highest BCUT2D eigenvalue weighted by Gasteiger charge is 2.34. The number of carbonyl (C=O) groups excluding carboxylic acids is 1. The van der Waals surface area contributed by atoms with Crippen LogP contribution in [0, 0.1) is 0 Å². The second-order valence-electron chi connectivity index (χ2n) is 8.17. The fraction of sp³-hybridized carbons (Fsp3) is 0.0741. The Labute approximate surface area is 224 Å². The number of aliphatic imine (C=N–C) groups is 1. The Morgan fingerprint density at radius 1 is 1.08 bits per heavy atom. The molecule has 0 saturated carbocycles. The van der Waals surface area contributed by atoms with Gasteiger partial charge in [0.05, 0.1) is 28.4 Å². The Kier molecular flexibility index (Phi) is 7.00. The van der Waals surface area contributed by atoms with Crippen LogP contribution in [0.4, 0.5) is 24.5 Å². The molecule has 0 atom stereocenters. The van der Waals surface area contributed by atoms with Gasteiger partial charge in [0.25, 0.3) is 0 Å². The fourth-order valence-corrected chi connectivity index (χ4v) is 4.88. The maximum atomic E-state index is 13.4. The molecule has 3 aromatic carbocycles. The minimum absolute atomic E-state index is 0.0557. The van der Waals surface area contributed by atoms with E-state index in [1.807, 2.05) is 30.3 Å². The van der Waals surface area contributed by atoms with Gasteiger partial charge in [-0.2, -0.15) is 13.2 Å². The Morgan fingerprint density at radius 3 is 2.58 bits per heavy atom. The summed E-state index contributed by atoms with van der Waals surface area (Å²) in [6.07, 6.45) is -1.30. The smallest absolute Gasteiger partial charge is 0.418 e. The summed E-state index contributed by atoms with van der Waals surface area (Å²) in [5.74, 6) is -1.12. The lowest BCUT2D eigenvalue weighted by Crippen LogP contribution is -2.18. The van der Waals surface area contributed by atoms with Gasteiger partial charge in [-0.05, 0) is 42.5 Å². The highest BCUT2D eigenvalue weighted by atomic mass is 35.5. The van der Waals surface area contributed by atoms with Crippen molar-refractivity contribution in [3.63, 3.8) is 0 Å². The topological polar surface area (TPSA) is 79.5 Å². The number of para-hydroxylation sites is 2. The van der Waals surface area contributed by atoms with Gasteiger partial charge < -0.3 is 10.4 Å². The molecular weight excluding hydrogens is 537 g/mol. The summed E-state index contributed by atoms with van der Waals surface area (Å²) < 4.78 is 41.6. The van der Waals surface area contributed by atoms with Gasteiger partial charge in [-0.15, -0.1) is 0 Å². The monoisotopic (exact) mass is 554 g/mol. The predicted molar refractivity (Wildman–Crippen MR) is 144 cm³/mol. The number of anilines is 1. The number of aromatic nitrogens is 2. The molecule has 38 heavy (non-hydrogen) atoms. The van der Waals surface area contributed by atoms with Crippen LogP contribution in [0.3, 0.4) is 0 Å². The third kappa shape index (κ3) is 5.32. The van der Waals surface area contributed by atoms with Crippen LogP contribution in [0.5, 0.6) is 5.88 Å². The van der Waals surface area contributed by atoms with Crippen molar-refractivity contribution >= 4 is 58.5 Å². The zero-order valence-electron chi connectivity index (χ0n) is 19.4. The minimum Gasteiger partial charge on any atom is -0.493 e. The molecule has 1 amide bonds. The summed E-state index contributed by atoms with van der Waals surface area (Å²) in [5.41, 5.74) is 1.85. The molecule has 0 saturated heterocycles. The Balaban J connectivity index is 1.43. The molecule has 11 heteroatoms. The average molecular weight is 555 g/mol. The predicted octanol–water partition coefficient (Wildman–Crippen LogP) is 7.24. The van der Waals surface area contributed by atoms with Crippen LogP contribution in [0.15, 0.2) is 82.9 Å². The van der Waals surface area contributed by atoms with E-state index >= 15 is 0 Å². The third-order valence-electron chi connectivity index (χ3n) is 5.61. The lowest BCUT2D eigenvalue weighted by atomic mass is 10.1. The number of nitrogens with zero attached hydrogens (tertiary/aromatic N) is 3. The standard InChI is InChI=1S/C27H18ClF3N4O2S/c28-17-10-11-20(27(29,30)31)22(13-17)33-24(36)15-38-26-34-23(25(37)35(26)18-6-2-1-3-7-18)12-16-14-32-21-9-5-4-8-19(16)21/h1-14,37H,15H2,(H,33,36)/b16-12+. The molecule has 1 aliphatic rings. The number of alkyl halides is 3. The van der Waals surface area contributed by atoms with Gasteiger partial charge in [-0.1, -0.05) is 59.8 Å². The number of rotatable bonds is 6. The second kappa shape index (κ2) is 10.4. The quantitative estimate of drug-likeness (QED) is 0.246. The SMILES string of the molecule is O=C(CSc1nc(/C=C2\C=Nc3ccccc32)c(O)n1-c1ccccc1)Nc1cc(Cl)ccc1C(F)(F)F. The summed E-state index contributed by atoms with van der Waals surface area (Å²) in [7, 11) is 0. The summed E-state index contributed by atoms with van der Waals surface area (Å²) in [5, 5.41) is 13.7. The van der Waals surface area contributed by atoms with Gasteiger partial charge in [0.1, 0.15) is 5.69 Å². The molecule has 1 aliphatic heterocycles. The molecule has 6 nitrogen and oxygen atoms in total. The maximum absolute atomic E-state index is 13.4. The number of thioether (sulfide) groups is 1. The average Bonchev–Trinajstić information content (AvgIpc) is 3.43. The minimum atomic E-state index is -4.67. The first-order valence-corrected chi connectivity index (χ1v) is 12.6. The maximum Gasteiger partial charge on any atom is 0.418 e. The number of fused-ring (bicyclic) bond motifs is 1. The van der Waals surface area contributed by atoms with E-state index in [1.54, 1.807) is 36.6 Å². The van der Waals surface area contributed by atoms with Crippen LogP contribution in [0.25, 0.3) is 17.3 Å². The van der Waals surface area contributed by atoms with Crippen LogP contribution in [0.2, 0.25) is 5.02 Å². The number of aromatic hydroxyl groups is 1. The lowest BCUT2D eigenvalue weighted by molar-refractivity contribution is -0.137. The molecule has 4 aromatic rings. The molecule has 0 radical (unpaired) electrons. The number of halogens is 4. The van der Waals surface area contributed by atoms with Crippen molar-refractivity contribution in [3.05, 3.63) is 94.6 Å². The summed E-state index contributed by atoms with van der Waals surface area (Å²) >= 11 is 6.82. The van der Waals surface area contributed by atoms with E-state index in [2.05, 4.69) is 15.3 Å². The first-order chi connectivity index (χ1) is 18.2. The highest BCUT2D eigenvalue weighted by molar-refractivity contribution is 7.99. The molecule has 0 bridgehead atoms. The number of hydrogen-bond acceptors (Lipinski definition) is 5. The zero-order valence-corrected chi connectivity index (χ0v) is 21.0. The van der Waals surface area contributed by atoms with Crippen molar-refractivity contribution in [2.24, 2.45) is 4.99 Å². The molecule has 0 spiro atoms. The fourth-order valence-electron chi connectivity index (χ4n) is 3.90. The number of allylic oxidation sites excluding steroid dienone is 1. The van der Waals surface area contributed by atoms with Crippen molar-refractivity contribution in [2.45, 2.75) is 11.3 Å². The molecule has 0 aliphatic carbocycles. The third-order valence-corrected chi connectivity index (χ3v) is 6.78. The molecule has 0 fully saturated rings. The number of nitrogens with one attached hydrogen (secondary N) is 1. The van der Waals surface area contributed by atoms with Gasteiger partial charge >= 0.3 is 6.18 Å². The number of amides is 1. The first kappa shape index (κ1) is 25.6. The molecule has 192 valence electrons. The Hall–Kier alpha value is -4.02. The van der Waals surface area contributed by atoms with Gasteiger partial charge in [-0.25, -0.2) is 4.98 Å². The van der Waals surface area contributed by atoms with Crippen LogP contribution >= 0.6 is 23.4 Å². The van der Waals surface area contributed by atoms with Crippen LogP contribution in [0.1, 0.15) is 16.8 Å². The Bertz CT molecular complexity index is 1580. The van der Waals surface area contributed by atoms with Gasteiger partial charge in [0.15, 0.2) is 5.16 Å². The normalized spacial score (nSPS) is 13.6. The van der Waals surface area contributed by atoms with E-state index in [4.69, 9.17) is 11.6 Å². The highest BCUT2D eigenvalue weighted by Crippen LogP contribution is 2.38. The van der Waals surface area contributed by atoms with Gasteiger partial charge in [0, 0.05) is 22.4 Å². The van der Waals surface area contributed by atoms with Crippen molar-refractivity contribution < 1.29 is 23.1 Å². The zero-order chi connectivity index (χ0) is 26.9. The van der Waals surface area contributed by atoms with Crippen LogP contribution < -0.4 is 5.32 Å². The number of carbonyl (C=O) groups is 1. The summed E-state index contributed by atoms with van der Waals surface area (Å²) in [6.45, 7) is 0. The van der Waals surface area contributed by atoms with E-state index in [1.165, 1.54) is 4.57 Å². The van der Waals surface area contributed by atoms with Crippen LogP contribution in [-0.4, -0.2) is 32.5 Å². The summed E-state index contributed by atoms with van der Waals surface area (Å²) in [4.78, 5) is 21.6. The number of imidazole rings is 1. The van der Waals surface area contributed by atoms with Crippen molar-refractivity contribution in [2.75, 3.05) is 11.1 Å². The van der Waals surface area contributed by atoms with E-state index in [0.717, 1.165) is 46.8 Å². The van der Waals surface area contributed by atoms with E-state index in [-0.39, 0.29) is 27.5 Å². The Morgan fingerprint density at radius 2 is 1.82 bits per heavy atom. The molecule has 5 rings (SSSR count). The van der Waals surface area contributed by atoms with Gasteiger partial charge in [0.2, 0.25) is 11.8 Å². The number of hydrogen-bond donors (Lipinski definition) is 2. The molecule has 2 heterocycles. The summed E-state index contributed by atoms with van der Waals surface area (Å²) in [6, 6.07) is 19.4. The number of benzene rings is 3. The van der Waals surface area contributed by atoms with E-state index < -0.39 is 23.3 Å². The molecule has 1 aromatic heterocycles. The van der Waals surface area contributed by atoms with E-state index in [0.29, 0.717) is 5.69 Å².